The van der Waals surface area contributed by atoms with Gasteiger partial charge in [0.25, 0.3) is 5.69 Å². The van der Waals surface area contributed by atoms with Gasteiger partial charge < -0.3 is 5.32 Å². The quantitative estimate of drug-likeness (QED) is 0.504. The molecule has 5 nitrogen and oxygen atoms in total. The summed E-state index contributed by atoms with van der Waals surface area (Å²) in [6.45, 7) is 1.88. The molecule has 1 unspecified atom stereocenters. The first-order valence-electron chi connectivity index (χ1n) is 4.84. The van der Waals surface area contributed by atoms with Gasteiger partial charge in [-0.2, -0.15) is 0 Å². The Morgan fingerprint density at radius 3 is 2.71 bits per heavy atom. The van der Waals surface area contributed by atoms with E-state index >= 15 is 0 Å². The predicted molar refractivity (Wildman–Crippen MR) is 72.4 cm³/mol. The number of alkyl halides is 1. The number of nitrogens with one attached hydrogen (secondary N) is 1. The number of anilines is 1. The van der Waals surface area contributed by atoms with Gasteiger partial charge in [0.1, 0.15) is 0 Å². The summed E-state index contributed by atoms with van der Waals surface area (Å²) in [5.74, 6) is -0.173. The van der Waals surface area contributed by atoms with E-state index in [1.807, 2.05) is 6.92 Å². The van der Waals surface area contributed by atoms with Crippen LogP contribution in [-0.4, -0.2) is 15.7 Å². The molecule has 1 rings (SSSR count). The normalized spacial score (nSPS) is 11.9. The number of halogens is 2. The molecule has 17 heavy (non-hydrogen) atoms. The fourth-order valence-electron chi connectivity index (χ4n) is 1.14. The lowest BCUT2D eigenvalue weighted by Gasteiger charge is -2.08. The minimum atomic E-state index is -0.491. The molecule has 0 fully saturated rings. The van der Waals surface area contributed by atoms with E-state index < -0.39 is 4.92 Å². The Morgan fingerprint density at radius 2 is 2.24 bits per heavy atom. The lowest BCUT2D eigenvalue weighted by Crippen LogP contribution is -2.21. The summed E-state index contributed by atoms with van der Waals surface area (Å²) in [6.07, 6.45) is 0.667. The molecule has 0 aliphatic carbocycles. The molecule has 0 saturated carbocycles. The number of nitrogens with zero attached hydrogens (tertiary/aromatic N) is 1. The van der Waals surface area contributed by atoms with Crippen molar-refractivity contribution < 1.29 is 9.72 Å². The van der Waals surface area contributed by atoms with Crippen molar-refractivity contribution in [1.29, 1.82) is 0 Å². The molecule has 1 amide bonds. The van der Waals surface area contributed by atoms with Gasteiger partial charge in [-0.1, -0.05) is 22.9 Å². The Bertz CT molecular complexity index is 451. The number of rotatable bonds is 4. The van der Waals surface area contributed by atoms with Crippen LogP contribution in [0.25, 0.3) is 0 Å². The van der Waals surface area contributed by atoms with Crippen LogP contribution in [0.2, 0.25) is 0 Å². The smallest absolute Gasteiger partial charge is 0.283 e. The molecule has 7 heteroatoms. The summed E-state index contributed by atoms with van der Waals surface area (Å²) in [5.41, 5.74) is 0.485. The van der Waals surface area contributed by atoms with Gasteiger partial charge >= 0.3 is 0 Å². The third-order valence-electron chi connectivity index (χ3n) is 2.05. The van der Waals surface area contributed by atoms with Crippen molar-refractivity contribution in [2.24, 2.45) is 0 Å². The maximum atomic E-state index is 11.6. The van der Waals surface area contributed by atoms with Crippen LogP contribution in [0.4, 0.5) is 11.4 Å². The van der Waals surface area contributed by atoms with Crippen molar-refractivity contribution in [1.82, 2.24) is 0 Å². The second kappa shape index (κ2) is 6.11. The topological polar surface area (TPSA) is 72.2 Å². The van der Waals surface area contributed by atoms with E-state index in [9.17, 15) is 14.9 Å². The maximum Gasteiger partial charge on any atom is 0.283 e. The van der Waals surface area contributed by atoms with Crippen LogP contribution in [0.3, 0.4) is 0 Å². The van der Waals surface area contributed by atoms with Crippen LogP contribution in [0, 0.1) is 10.1 Å². The average Bonchev–Trinajstić information content (AvgIpc) is 2.27. The zero-order chi connectivity index (χ0) is 13.0. The molecule has 0 aromatic heterocycles. The summed E-state index contributed by atoms with van der Waals surface area (Å²) < 4.78 is 0.336. The summed E-state index contributed by atoms with van der Waals surface area (Å²) in [7, 11) is 0. The third kappa shape index (κ3) is 3.78. The lowest BCUT2D eigenvalue weighted by atomic mass is 10.2. The number of carbonyl (C=O) groups excluding carboxylic acids is 1. The van der Waals surface area contributed by atoms with Gasteiger partial charge in [-0.05, 0) is 34.5 Å². The molecule has 1 atom stereocenters. The molecule has 0 spiro atoms. The molecular weight excluding hydrogens is 356 g/mol. The number of nitro groups is 1. The Labute approximate surface area is 115 Å². The molecule has 1 N–H and O–H groups in total. The number of nitro benzene ring substituents is 1. The van der Waals surface area contributed by atoms with Gasteiger partial charge in [-0.15, -0.1) is 0 Å². The molecule has 1 aromatic carbocycles. The summed E-state index contributed by atoms with van der Waals surface area (Å²) in [6, 6.07) is 4.34. The van der Waals surface area contributed by atoms with Crippen LogP contribution < -0.4 is 5.32 Å². The molecule has 0 radical (unpaired) electrons. The molecule has 0 aliphatic heterocycles. The highest BCUT2D eigenvalue weighted by Gasteiger charge is 2.15. The number of amides is 1. The van der Waals surface area contributed by atoms with Crippen LogP contribution in [0.5, 0.6) is 0 Å². The molecule has 92 valence electrons. The van der Waals surface area contributed by atoms with Gasteiger partial charge in [0.05, 0.1) is 14.2 Å². The first-order chi connectivity index (χ1) is 7.95. The number of hydrogen-bond acceptors (Lipinski definition) is 3. The number of hydrogen-bond donors (Lipinski definition) is 1. The highest BCUT2D eigenvalue weighted by molar-refractivity contribution is 9.10. The van der Waals surface area contributed by atoms with Crippen LogP contribution in [-0.2, 0) is 4.79 Å². The Balaban J connectivity index is 2.84. The fourth-order valence-corrected chi connectivity index (χ4v) is 1.78. The summed E-state index contributed by atoms with van der Waals surface area (Å²) >= 11 is 6.31. The standard InChI is InChI=1S/C10H10Br2N2O3/c1-2-7(11)10(15)13-6-3-4-9(14(16)17)8(12)5-6/h3-5,7H,2H2,1H3,(H,13,15). The van der Waals surface area contributed by atoms with Crippen molar-refractivity contribution in [3.8, 4) is 0 Å². The zero-order valence-electron chi connectivity index (χ0n) is 8.94. The Morgan fingerprint density at radius 1 is 1.59 bits per heavy atom. The minimum absolute atomic E-state index is 0.0334. The van der Waals surface area contributed by atoms with Gasteiger partial charge in [0, 0.05) is 11.8 Å². The van der Waals surface area contributed by atoms with Crippen LogP contribution >= 0.6 is 31.9 Å². The lowest BCUT2D eigenvalue weighted by molar-refractivity contribution is -0.385. The van der Waals surface area contributed by atoms with E-state index in [-0.39, 0.29) is 16.4 Å². The van der Waals surface area contributed by atoms with Crippen molar-refractivity contribution in [2.75, 3.05) is 5.32 Å². The maximum absolute atomic E-state index is 11.6. The molecule has 0 bridgehead atoms. The van der Waals surface area contributed by atoms with Crippen LogP contribution in [0.15, 0.2) is 22.7 Å². The summed E-state index contributed by atoms with van der Waals surface area (Å²) in [5, 5.41) is 13.3. The van der Waals surface area contributed by atoms with Gasteiger partial charge in [-0.25, -0.2) is 0 Å². The van der Waals surface area contributed by atoms with E-state index in [0.717, 1.165) is 0 Å². The van der Waals surface area contributed by atoms with E-state index in [1.54, 1.807) is 0 Å². The van der Waals surface area contributed by atoms with Gasteiger partial charge in [0.15, 0.2) is 0 Å². The number of benzene rings is 1. The predicted octanol–water partition coefficient (Wildman–Crippen LogP) is 3.47. The highest BCUT2D eigenvalue weighted by Crippen LogP contribution is 2.27. The molecule has 0 aliphatic rings. The van der Waals surface area contributed by atoms with E-state index in [4.69, 9.17) is 0 Å². The largest absolute Gasteiger partial charge is 0.325 e. The second-order valence-electron chi connectivity index (χ2n) is 3.29. The number of carbonyl (C=O) groups is 1. The van der Waals surface area contributed by atoms with Crippen molar-refractivity contribution in [3.63, 3.8) is 0 Å². The Kier molecular flexibility index (Phi) is 5.07. The first-order valence-corrected chi connectivity index (χ1v) is 6.55. The fraction of sp³-hybridized carbons (Fsp3) is 0.300. The average molecular weight is 366 g/mol. The summed E-state index contributed by atoms with van der Waals surface area (Å²) in [4.78, 5) is 21.4. The Hall–Kier alpha value is -0.950. The second-order valence-corrected chi connectivity index (χ2v) is 5.25. The third-order valence-corrected chi connectivity index (χ3v) is 3.75. The van der Waals surface area contributed by atoms with Gasteiger partial charge in [-0.3, -0.25) is 14.9 Å². The zero-order valence-corrected chi connectivity index (χ0v) is 12.1. The highest BCUT2D eigenvalue weighted by atomic mass is 79.9. The van der Waals surface area contributed by atoms with E-state index in [2.05, 4.69) is 37.2 Å². The first kappa shape index (κ1) is 14.1. The van der Waals surface area contributed by atoms with Crippen molar-refractivity contribution in [3.05, 3.63) is 32.8 Å². The monoisotopic (exact) mass is 364 g/mol. The van der Waals surface area contributed by atoms with Crippen LogP contribution in [0.1, 0.15) is 13.3 Å². The molecule has 1 aromatic rings. The molecule has 0 heterocycles. The van der Waals surface area contributed by atoms with Crippen molar-refractivity contribution in [2.45, 2.75) is 18.2 Å². The van der Waals surface area contributed by atoms with Gasteiger partial charge in [0.2, 0.25) is 5.91 Å². The molecular formula is C10H10Br2N2O3. The van der Waals surface area contributed by atoms with E-state index in [1.165, 1.54) is 18.2 Å². The minimum Gasteiger partial charge on any atom is -0.325 e. The SMILES string of the molecule is CCC(Br)C(=O)Nc1ccc([N+](=O)[O-])c(Br)c1. The van der Waals surface area contributed by atoms with Crippen molar-refractivity contribution >= 4 is 49.1 Å². The van der Waals surface area contributed by atoms with E-state index in [0.29, 0.717) is 16.6 Å². The molecule has 0 saturated heterocycles.